The summed E-state index contributed by atoms with van der Waals surface area (Å²) in [5, 5.41) is 3.37. The largest absolute Gasteiger partial charge is 0.494 e. The number of ether oxygens (including phenoxy) is 2. The van der Waals surface area contributed by atoms with Crippen molar-refractivity contribution in [3.8, 4) is 11.5 Å². The Bertz CT molecular complexity index is 958. The first-order valence-corrected chi connectivity index (χ1v) is 10.7. The lowest BCUT2D eigenvalue weighted by Crippen LogP contribution is -2.20. The van der Waals surface area contributed by atoms with E-state index in [-0.39, 0.29) is 17.9 Å². The van der Waals surface area contributed by atoms with Crippen LogP contribution in [0.25, 0.3) is 10.2 Å². The molecule has 29 heavy (non-hydrogen) atoms. The Morgan fingerprint density at radius 3 is 2.48 bits per heavy atom. The van der Waals surface area contributed by atoms with Crippen molar-refractivity contribution in [1.82, 2.24) is 4.98 Å². The molecule has 3 rings (SSSR count). The van der Waals surface area contributed by atoms with Crippen molar-refractivity contribution in [1.29, 1.82) is 0 Å². The minimum atomic E-state index is -0.233. The van der Waals surface area contributed by atoms with Crippen molar-refractivity contribution >= 4 is 32.6 Å². The zero-order valence-electron chi connectivity index (χ0n) is 17.5. The molecule has 6 heteroatoms. The van der Waals surface area contributed by atoms with Gasteiger partial charge in [-0.05, 0) is 47.7 Å². The predicted molar refractivity (Wildman–Crippen MR) is 119 cm³/mol. The first kappa shape index (κ1) is 21.1. The van der Waals surface area contributed by atoms with Crippen LogP contribution in [0, 0.1) is 0 Å². The lowest BCUT2D eigenvalue weighted by Gasteiger charge is -2.19. The molecule has 0 atom stereocenters. The van der Waals surface area contributed by atoms with E-state index in [0.29, 0.717) is 17.5 Å². The summed E-state index contributed by atoms with van der Waals surface area (Å²) in [6.07, 6.45) is 2.13. The Labute approximate surface area is 176 Å². The molecular weight excluding hydrogens is 384 g/mol. The Morgan fingerprint density at radius 2 is 1.79 bits per heavy atom. The summed E-state index contributed by atoms with van der Waals surface area (Å²) in [6, 6.07) is 13.6. The van der Waals surface area contributed by atoms with E-state index in [0.717, 1.165) is 28.8 Å². The predicted octanol–water partition coefficient (Wildman–Crippen LogP) is 5.79. The molecule has 2 aromatic carbocycles. The minimum absolute atomic E-state index is 0.0594. The van der Waals surface area contributed by atoms with Gasteiger partial charge >= 0.3 is 0 Å². The van der Waals surface area contributed by atoms with Crippen molar-refractivity contribution in [2.45, 2.75) is 46.0 Å². The first-order chi connectivity index (χ1) is 13.8. The van der Waals surface area contributed by atoms with Crippen molar-refractivity contribution in [3.05, 3.63) is 48.0 Å². The molecule has 0 radical (unpaired) electrons. The van der Waals surface area contributed by atoms with Gasteiger partial charge in [0, 0.05) is 0 Å². The topological polar surface area (TPSA) is 60.5 Å². The second-order valence-corrected chi connectivity index (χ2v) is 8.99. The molecule has 0 unspecified atom stereocenters. The third-order valence-corrected chi connectivity index (χ3v) is 5.40. The van der Waals surface area contributed by atoms with Crippen LogP contribution in [0.5, 0.6) is 11.5 Å². The number of nitrogens with zero attached hydrogens (tertiary/aromatic N) is 1. The number of unbranched alkanes of at least 4 members (excludes halogenated alkanes) is 1. The molecule has 0 saturated carbocycles. The standard InChI is InChI=1S/C23H28N2O3S/c1-5-6-13-27-18-11-12-19-20(14-18)29-22(24-19)25-21(26)15-28-17-9-7-16(8-10-17)23(2,3)4/h7-12,14H,5-6,13,15H2,1-4H3,(H,24,25,26). The monoisotopic (exact) mass is 412 g/mol. The van der Waals surface area contributed by atoms with E-state index in [2.05, 4.69) is 38.0 Å². The number of benzene rings is 2. The summed E-state index contributed by atoms with van der Waals surface area (Å²) in [4.78, 5) is 16.7. The quantitative estimate of drug-likeness (QED) is 0.476. The molecule has 0 aliphatic rings. The number of aromatic nitrogens is 1. The maximum atomic E-state index is 12.2. The number of thiazole rings is 1. The van der Waals surface area contributed by atoms with Gasteiger partial charge < -0.3 is 9.47 Å². The van der Waals surface area contributed by atoms with Gasteiger partial charge in [0.05, 0.1) is 16.8 Å². The minimum Gasteiger partial charge on any atom is -0.494 e. The third-order valence-electron chi connectivity index (χ3n) is 4.46. The number of hydrogen-bond donors (Lipinski definition) is 1. The summed E-state index contributed by atoms with van der Waals surface area (Å²) in [6.45, 7) is 9.27. The van der Waals surface area contributed by atoms with E-state index in [9.17, 15) is 4.79 Å². The second-order valence-electron chi connectivity index (χ2n) is 7.96. The molecule has 1 aromatic heterocycles. The number of nitrogens with one attached hydrogen (secondary N) is 1. The average Bonchev–Trinajstić information content (AvgIpc) is 3.07. The molecule has 0 saturated heterocycles. The number of hydrogen-bond acceptors (Lipinski definition) is 5. The van der Waals surface area contributed by atoms with Gasteiger partial charge in [-0.25, -0.2) is 4.98 Å². The van der Waals surface area contributed by atoms with Crippen molar-refractivity contribution in [2.75, 3.05) is 18.5 Å². The summed E-state index contributed by atoms with van der Waals surface area (Å²) in [5.74, 6) is 1.27. The molecule has 154 valence electrons. The lowest BCUT2D eigenvalue weighted by atomic mass is 9.87. The van der Waals surface area contributed by atoms with Gasteiger partial charge in [-0.3, -0.25) is 10.1 Å². The summed E-state index contributed by atoms with van der Waals surface area (Å²) < 4.78 is 12.3. The fourth-order valence-corrected chi connectivity index (χ4v) is 3.65. The molecule has 0 fully saturated rings. The highest BCUT2D eigenvalue weighted by molar-refractivity contribution is 7.22. The zero-order chi connectivity index (χ0) is 20.9. The highest BCUT2D eigenvalue weighted by Gasteiger charge is 2.14. The highest BCUT2D eigenvalue weighted by atomic mass is 32.1. The molecule has 0 aliphatic carbocycles. The van der Waals surface area contributed by atoms with Crippen LogP contribution < -0.4 is 14.8 Å². The third kappa shape index (κ3) is 5.94. The van der Waals surface area contributed by atoms with Crippen LogP contribution in [0.1, 0.15) is 46.1 Å². The van der Waals surface area contributed by atoms with E-state index in [1.807, 2.05) is 42.5 Å². The number of fused-ring (bicyclic) bond motifs is 1. The van der Waals surface area contributed by atoms with Gasteiger partial charge in [0.15, 0.2) is 11.7 Å². The molecule has 1 N–H and O–H groups in total. The number of rotatable bonds is 8. The number of amides is 1. The SMILES string of the molecule is CCCCOc1ccc2nc(NC(=O)COc3ccc(C(C)(C)C)cc3)sc2c1. The van der Waals surface area contributed by atoms with Crippen LogP contribution in [0.15, 0.2) is 42.5 Å². The maximum absolute atomic E-state index is 12.2. The van der Waals surface area contributed by atoms with Crippen LogP contribution in [-0.4, -0.2) is 24.1 Å². The number of anilines is 1. The number of carbonyl (C=O) groups is 1. The lowest BCUT2D eigenvalue weighted by molar-refractivity contribution is -0.118. The molecular formula is C23H28N2O3S. The van der Waals surface area contributed by atoms with E-state index in [1.54, 1.807) is 0 Å². The van der Waals surface area contributed by atoms with Gasteiger partial charge in [0.2, 0.25) is 0 Å². The number of carbonyl (C=O) groups excluding carboxylic acids is 1. The second kappa shape index (κ2) is 9.27. The van der Waals surface area contributed by atoms with E-state index >= 15 is 0 Å². The fourth-order valence-electron chi connectivity index (χ4n) is 2.74. The summed E-state index contributed by atoms with van der Waals surface area (Å²) >= 11 is 1.43. The average molecular weight is 413 g/mol. The van der Waals surface area contributed by atoms with Crippen LogP contribution >= 0.6 is 11.3 Å². The first-order valence-electron chi connectivity index (χ1n) is 9.92. The van der Waals surface area contributed by atoms with Crippen LogP contribution in [-0.2, 0) is 10.2 Å². The summed E-state index contributed by atoms with van der Waals surface area (Å²) in [7, 11) is 0. The van der Waals surface area contributed by atoms with Crippen molar-refractivity contribution < 1.29 is 14.3 Å². The van der Waals surface area contributed by atoms with Crippen LogP contribution in [0.4, 0.5) is 5.13 Å². The van der Waals surface area contributed by atoms with Crippen molar-refractivity contribution in [3.63, 3.8) is 0 Å². The van der Waals surface area contributed by atoms with Gasteiger partial charge in [-0.1, -0.05) is 57.6 Å². The molecule has 1 heterocycles. The summed E-state index contributed by atoms with van der Waals surface area (Å²) in [5.41, 5.74) is 2.15. The Kier molecular flexibility index (Phi) is 6.75. The maximum Gasteiger partial charge on any atom is 0.264 e. The Balaban J connectivity index is 1.55. The Morgan fingerprint density at radius 1 is 1.07 bits per heavy atom. The van der Waals surface area contributed by atoms with E-state index < -0.39 is 0 Å². The molecule has 1 amide bonds. The van der Waals surface area contributed by atoms with Crippen LogP contribution in [0.2, 0.25) is 0 Å². The Hall–Kier alpha value is -2.60. The molecule has 5 nitrogen and oxygen atoms in total. The fraction of sp³-hybridized carbons (Fsp3) is 0.391. The van der Waals surface area contributed by atoms with E-state index in [4.69, 9.17) is 9.47 Å². The molecule has 0 bridgehead atoms. The highest BCUT2D eigenvalue weighted by Crippen LogP contribution is 2.29. The smallest absolute Gasteiger partial charge is 0.264 e. The van der Waals surface area contributed by atoms with Crippen LogP contribution in [0.3, 0.4) is 0 Å². The van der Waals surface area contributed by atoms with Gasteiger partial charge in [-0.2, -0.15) is 0 Å². The van der Waals surface area contributed by atoms with Gasteiger partial charge in [0.1, 0.15) is 11.5 Å². The molecule has 3 aromatic rings. The van der Waals surface area contributed by atoms with Gasteiger partial charge in [-0.15, -0.1) is 0 Å². The van der Waals surface area contributed by atoms with E-state index in [1.165, 1.54) is 16.9 Å². The normalized spacial score (nSPS) is 11.4. The van der Waals surface area contributed by atoms with Crippen molar-refractivity contribution in [2.24, 2.45) is 0 Å². The molecule has 0 spiro atoms. The zero-order valence-corrected chi connectivity index (χ0v) is 18.3. The van der Waals surface area contributed by atoms with Gasteiger partial charge in [0.25, 0.3) is 5.91 Å². The molecule has 0 aliphatic heterocycles.